The first-order chi connectivity index (χ1) is 16.0. The molecule has 172 valence electrons. The van der Waals surface area contributed by atoms with E-state index < -0.39 is 5.91 Å². The van der Waals surface area contributed by atoms with Gasteiger partial charge in [-0.2, -0.15) is 0 Å². The van der Waals surface area contributed by atoms with Gasteiger partial charge in [0.05, 0.1) is 5.02 Å². The molecule has 1 saturated heterocycles. The van der Waals surface area contributed by atoms with Crippen LogP contribution in [0.1, 0.15) is 0 Å². The highest BCUT2D eigenvalue weighted by atomic mass is 35.5. The summed E-state index contributed by atoms with van der Waals surface area (Å²) in [4.78, 5) is 29.3. The number of aromatic nitrogens is 3. The molecule has 1 aliphatic heterocycles. The summed E-state index contributed by atoms with van der Waals surface area (Å²) in [6.07, 6.45) is 3.18. The number of benzene rings is 1. The molecule has 0 radical (unpaired) electrons. The molecule has 0 atom stereocenters. The molecule has 1 fully saturated rings. The fourth-order valence-electron chi connectivity index (χ4n) is 3.33. The molecular weight excluding hydrogens is 467 g/mol. The number of nitrogens with one attached hydrogen (secondary N) is 2. The summed E-state index contributed by atoms with van der Waals surface area (Å²) in [6.45, 7) is 2.75. The SMILES string of the molecule is Nc1c(NNC(=O)COc2ccc(Cl)cc2Cl)ncnc1N1CCN(c2ccccn2)CC1. The van der Waals surface area contributed by atoms with Gasteiger partial charge in [0, 0.05) is 37.4 Å². The maximum absolute atomic E-state index is 12.2. The Labute approximate surface area is 200 Å². The second-order valence-corrected chi connectivity index (χ2v) is 8.00. The zero-order valence-corrected chi connectivity index (χ0v) is 19.1. The molecule has 1 amide bonds. The number of piperazine rings is 1. The number of hydrogen-bond acceptors (Lipinski definition) is 9. The summed E-state index contributed by atoms with van der Waals surface area (Å²) in [7, 11) is 0. The Morgan fingerprint density at radius 3 is 2.58 bits per heavy atom. The number of nitrogens with two attached hydrogens (primary N) is 1. The number of carbonyl (C=O) groups excluding carboxylic acids is 1. The van der Waals surface area contributed by atoms with Crippen LogP contribution in [0, 0.1) is 0 Å². The molecule has 3 heterocycles. The molecule has 3 aromatic rings. The number of halogens is 2. The molecule has 2 aromatic heterocycles. The highest BCUT2D eigenvalue weighted by Crippen LogP contribution is 2.28. The smallest absolute Gasteiger partial charge is 0.276 e. The molecule has 0 bridgehead atoms. The molecule has 0 saturated carbocycles. The molecule has 1 aromatic carbocycles. The van der Waals surface area contributed by atoms with Crippen molar-refractivity contribution in [2.75, 3.05) is 53.7 Å². The molecule has 12 heteroatoms. The quantitative estimate of drug-likeness (QED) is 0.430. The average molecular weight is 489 g/mol. The Hall–Kier alpha value is -3.50. The van der Waals surface area contributed by atoms with Crippen LogP contribution in [0.3, 0.4) is 0 Å². The van der Waals surface area contributed by atoms with E-state index >= 15 is 0 Å². The average Bonchev–Trinajstić information content (AvgIpc) is 2.83. The third-order valence-corrected chi connectivity index (χ3v) is 5.52. The lowest BCUT2D eigenvalue weighted by molar-refractivity contribution is -0.122. The van der Waals surface area contributed by atoms with Gasteiger partial charge in [-0.05, 0) is 30.3 Å². The third kappa shape index (κ3) is 5.65. The summed E-state index contributed by atoms with van der Waals surface area (Å²) < 4.78 is 5.41. The van der Waals surface area contributed by atoms with Gasteiger partial charge in [0.25, 0.3) is 5.91 Å². The fraction of sp³-hybridized carbons (Fsp3) is 0.238. The normalized spacial score (nSPS) is 13.5. The van der Waals surface area contributed by atoms with E-state index in [1.807, 2.05) is 18.2 Å². The van der Waals surface area contributed by atoms with E-state index in [4.69, 9.17) is 33.7 Å². The van der Waals surface area contributed by atoms with E-state index in [1.54, 1.807) is 18.3 Å². The summed E-state index contributed by atoms with van der Waals surface area (Å²) in [5.41, 5.74) is 11.9. The van der Waals surface area contributed by atoms with Crippen LogP contribution in [0.4, 0.5) is 23.1 Å². The molecule has 4 rings (SSSR count). The monoisotopic (exact) mass is 488 g/mol. The number of ether oxygens (including phenoxy) is 1. The third-order valence-electron chi connectivity index (χ3n) is 4.99. The van der Waals surface area contributed by atoms with Crippen LogP contribution < -0.4 is 31.1 Å². The maximum atomic E-state index is 12.2. The number of anilines is 4. The van der Waals surface area contributed by atoms with Crippen molar-refractivity contribution in [3.05, 3.63) is 59.0 Å². The Morgan fingerprint density at radius 1 is 1.06 bits per heavy atom. The second-order valence-electron chi connectivity index (χ2n) is 7.16. The molecule has 10 nitrogen and oxygen atoms in total. The molecule has 0 unspecified atom stereocenters. The van der Waals surface area contributed by atoms with Crippen LogP contribution in [-0.2, 0) is 4.79 Å². The van der Waals surface area contributed by atoms with Crippen molar-refractivity contribution in [3.8, 4) is 5.75 Å². The standard InChI is InChI=1S/C21H22Cl2N8O2/c22-14-4-5-16(15(23)11-14)33-12-18(32)28-29-20-19(24)21(27-13-26-20)31-9-7-30(8-10-31)17-3-1-2-6-25-17/h1-6,11,13H,7-10,12,24H2,(H,28,32)(H,26,27,29). The fourth-order valence-corrected chi connectivity index (χ4v) is 3.79. The van der Waals surface area contributed by atoms with Crippen LogP contribution in [-0.4, -0.2) is 53.6 Å². The predicted octanol–water partition coefficient (Wildman–Crippen LogP) is 2.61. The number of carbonyl (C=O) groups is 1. The first-order valence-electron chi connectivity index (χ1n) is 10.2. The summed E-state index contributed by atoms with van der Waals surface area (Å²) in [5.74, 6) is 1.76. The first kappa shape index (κ1) is 22.7. The van der Waals surface area contributed by atoms with Gasteiger partial charge in [-0.1, -0.05) is 29.3 Å². The van der Waals surface area contributed by atoms with E-state index in [0.29, 0.717) is 33.1 Å². The van der Waals surface area contributed by atoms with Crippen LogP contribution in [0.25, 0.3) is 0 Å². The molecule has 1 aliphatic rings. The zero-order chi connectivity index (χ0) is 23.2. The molecular formula is C21H22Cl2N8O2. The zero-order valence-electron chi connectivity index (χ0n) is 17.5. The Morgan fingerprint density at radius 2 is 1.85 bits per heavy atom. The number of pyridine rings is 1. The van der Waals surface area contributed by atoms with Crippen LogP contribution in [0.2, 0.25) is 10.0 Å². The summed E-state index contributed by atoms with van der Waals surface area (Å²) in [5, 5.41) is 0.794. The van der Waals surface area contributed by atoms with E-state index in [2.05, 4.69) is 35.6 Å². The lowest BCUT2D eigenvalue weighted by Crippen LogP contribution is -2.47. The van der Waals surface area contributed by atoms with Crippen molar-refractivity contribution in [1.29, 1.82) is 0 Å². The van der Waals surface area contributed by atoms with Crippen molar-refractivity contribution in [3.63, 3.8) is 0 Å². The summed E-state index contributed by atoms with van der Waals surface area (Å²) in [6, 6.07) is 10.6. The minimum Gasteiger partial charge on any atom is -0.482 e. The molecule has 0 spiro atoms. The number of nitrogens with zero attached hydrogens (tertiary/aromatic N) is 5. The number of hydrogen-bond donors (Lipinski definition) is 3. The van der Waals surface area contributed by atoms with Crippen LogP contribution >= 0.6 is 23.2 Å². The maximum Gasteiger partial charge on any atom is 0.276 e. The number of amides is 1. The number of rotatable bonds is 7. The van der Waals surface area contributed by atoms with Crippen molar-refractivity contribution in [2.24, 2.45) is 0 Å². The van der Waals surface area contributed by atoms with E-state index in [1.165, 1.54) is 12.4 Å². The van der Waals surface area contributed by atoms with Gasteiger partial charge in [0.1, 0.15) is 23.6 Å². The van der Waals surface area contributed by atoms with Crippen molar-refractivity contribution in [2.45, 2.75) is 0 Å². The minimum absolute atomic E-state index is 0.262. The number of nitrogen functional groups attached to an aromatic ring is 1. The largest absolute Gasteiger partial charge is 0.482 e. The lowest BCUT2D eigenvalue weighted by atomic mass is 10.3. The summed E-state index contributed by atoms with van der Waals surface area (Å²) >= 11 is 11.9. The van der Waals surface area contributed by atoms with Crippen molar-refractivity contribution >= 4 is 52.3 Å². The molecule has 4 N–H and O–H groups in total. The van der Waals surface area contributed by atoms with Crippen LogP contribution in [0.15, 0.2) is 48.9 Å². The molecule has 0 aliphatic carbocycles. The molecule has 33 heavy (non-hydrogen) atoms. The second kappa shape index (κ2) is 10.4. The topological polar surface area (TPSA) is 122 Å². The van der Waals surface area contributed by atoms with Crippen molar-refractivity contribution in [1.82, 2.24) is 20.4 Å². The van der Waals surface area contributed by atoms with Gasteiger partial charge in [-0.3, -0.25) is 15.6 Å². The lowest BCUT2D eigenvalue weighted by Gasteiger charge is -2.36. The highest BCUT2D eigenvalue weighted by Gasteiger charge is 2.22. The Bertz CT molecular complexity index is 1110. The minimum atomic E-state index is -0.440. The van der Waals surface area contributed by atoms with Gasteiger partial charge in [-0.25, -0.2) is 15.0 Å². The van der Waals surface area contributed by atoms with Gasteiger partial charge < -0.3 is 20.3 Å². The van der Waals surface area contributed by atoms with Gasteiger partial charge >= 0.3 is 0 Å². The van der Waals surface area contributed by atoms with E-state index in [0.717, 1.165) is 32.0 Å². The van der Waals surface area contributed by atoms with Gasteiger partial charge in [0.2, 0.25) is 0 Å². The highest BCUT2D eigenvalue weighted by molar-refractivity contribution is 6.35. The van der Waals surface area contributed by atoms with Gasteiger partial charge in [-0.15, -0.1) is 0 Å². The first-order valence-corrected chi connectivity index (χ1v) is 10.9. The van der Waals surface area contributed by atoms with E-state index in [-0.39, 0.29) is 6.61 Å². The number of hydrazine groups is 1. The Kier molecular flexibility index (Phi) is 7.16. The van der Waals surface area contributed by atoms with E-state index in [9.17, 15) is 4.79 Å². The van der Waals surface area contributed by atoms with Gasteiger partial charge in [0.15, 0.2) is 18.2 Å². The van der Waals surface area contributed by atoms with Crippen molar-refractivity contribution < 1.29 is 9.53 Å². The van der Waals surface area contributed by atoms with Crippen LogP contribution in [0.5, 0.6) is 5.75 Å². The predicted molar refractivity (Wildman–Crippen MR) is 129 cm³/mol. The Balaban J connectivity index is 1.31.